The van der Waals surface area contributed by atoms with Crippen molar-refractivity contribution in [3.8, 4) is 0 Å². The van der Waals surface area contributed by atoms with Gasteiger partial charge in [-0.1, -0.05) is 6.07 Å². The van der Waals surface area contributed by atoms with Crippen molar-refractivity contribution in [3.05, 3.63) is 33.9 Å². The van der Waals surface area contributed by atoms with Crippen molar-refractivity contribution in [2.45, 2.75) is 13.1 Å². The Bertz CT molecular complexity index is 554. The Morgan fingerprint density at radius 3 is 2.44 bits per heavy atom. The molecule has 0 saturated carbocycles. The van der Waals surface area contributed by atoms with Crippen LogP contribution in [0.2, 0.25) is 0 Å². The Labute approximate surface area is 99.0 Å². The molecule has 0 radical (unpaired) electrons. The third-order valence-electron chi connectivity index (χ3n) is 2.69. The Kier molecular flexibility index (Phi) is 2.53. The molecule has 0 aliphatic carbocycles. The zero-order valence-electron chi connectivity index (χ0n) is 8.69. The number of fused-ring (bicyclic) bond motifs is 1. The highest BCUT2D eigenvalue weighted by Crippen LogP contribution is 2.39. The first-order valence-electron chi connectivity index (χ1n) is 4.64. The largest absolute Gasteiger partial charge is 0.417 e. The van der Waals surface area contributed by atoms with E-state index in [-0.39, 0.29) is 5.39 Å². The summed E-state index contributed by atoms with van der Waals surface area (Å²) in [5.74, 6) is 0. The highest BCUT2D eigenvalue weighted by atomic mass is 79.9. The molecule has 1 aromatic carbocycles. The van der Waals surface area contributed by atoms with E-state index in [0.29, 0.717) is 15.7 Å². The van der Waals surface area contributed by atoms with Crippen molar-refractivity contribution in [2.24, 2.45) is 7.05 Å². The first kappa shape index (κ1) is 11.5. The molecule has 1 heterocycles. The minimum absolute atomic E-state index is 0.268. The normalized spacial score (nSPS) is 12.4. The maximum Gasteiger partial charge on any atom is 0.417 e. The molecule has 0 fully saturated rings. The number of hydrogen-bond donors (Lipinski definition) is 0. The summed E-state index contributed by atoms with van der Waals surface area (Å²) in [6.45, 7) is 1.68. The number of halogens is 4. The molecule has 5 heteroatoms. The van der Waals surface area contributed by atoms with Gasteiger partial charge in [-0.25, -0.2) is 0 Å². The molecule has 0 aliphatic rings. The van der Waals surface area contributed by atoms with Crippen molar-refractivity contribution >= 4 is 26.8 Å². The summed E-state index contributed by atoms with van der Waals surface area (Å²) in [5, 5.41) is 0.268. The maximum absolute atomic E-state index is 12.8. The standard InChI is InChI=1S/C11H9BrF3N/c1-6-9-7(11(13,14)15)4-3-5-8(9)16(2)10(6)12/h3-5H,1-2H3. The Morgan fingerprint density at radius 2 is 1.88 bits per heavy atom. The molecular formula is C11H9BrF3N. The van der Waals surface area contributed by atoms with Crippen LogP contribution in [0, 0.1) is 6.92 Å². The molecule has 0 amide bonds. The van der Waals surface area contributed by atoms with Gasteiger partial charge in [0.05, 0.1) is 10.2 Å². The summed E-state index contributed by atoms with van der Waals surface area (Å²) >= 11 is 3.29. The third-order valence-corrected chi connectivity index (χ3v) is 3.81. The van der Waals surface area contributed by atoms with E-state index in [2.05, 4.69) is 15.9 Å². The van der Waals surface area contributed by atoms with E-state index in [1.54, 1.807) is 24.6 Å². The van der Waals surface area contributed by atoms with Crippen LogP contribution in [0.1, 0.15) is 11.1 Å². The van der Waals surface area contributed by atoms with E-state index in [9.17, 15) is 13.2 Å². The maximum atomic E-state index is 12.8. The van der Waals surface area contributed by atoms with Crippen molar-refractivity contribution in [1.82, 2.24) is 4.57 Å². The van der Waals surface area contributed by atoms with Crippen LogP contribution in [0.3, 0.4) is 0 Å². The zero-order chi connectivity index (χ0) is 12.1. The Balaban J connectivity index is 2.93. The number of hydrogen-bond acceptors (Lipinski definition) is 0. The van der Waals surface area contributed by atoms with Gasteiger partial charge in [0.25, 0.3) is 0 Å². The van der Waals surface area contributed by atoms with E-state index in [0.717, 1.165) is 6.07 Å². The second kappa shape index (κ2) is 3.52. The highest BCUT2D eigenvalue weighted by molar-refractivity contribution is 9.10. The molecule has 2 rings (SSSR count). The van der Waals surface area contributed by atoms with Crippen LogP contribution in [0.5, 0.6) is 0 Å². The number of rotatable bonds is 0. The molecule has 0 saturated heterocycles. The van der Waals surface area contributed by atoms with E-state index in [4.69, 9.17) is 0 Å². The molecule has 0 N–H and O–H groups in total. The third kappa shape index (κ3) is 1.54. The van der Waals surface area contributed by atoms with Crippen LogP contribution in [-0.2, 0) is 13.2 Å². The minimum atomic E-state index is -4.31. The summed E-state index contributed by atoms with van der Waals surface area (Å²) in [7, 11) is 1.74. The predicted octanol–water partition coefficient (Wildman–Crippen LogP) is 4.27. The first-order chi connectivity index (χ1) is 7.34. The van der Waals surface area contributed by atoms with Crippen LogP contribution in [0.4, 0.5) is 13.2 Å². The molecule has 1 aromatic heterocycles. The van der Waals surface area contributed by atoms with Crippen LogP contribution in [0.15, 0.2) is 22.8 Å². The average molecular weight is 292 g/mol. The molecule has 16 heavy (non-hydrogen) atoms. The van der Waals surface area contributed by atoms with Gasteiger partial charge in [0.2, 0.25) is 0 Å². The fraction of sp³-hybridized carbons (Fsp3) is 0.273. The van der Waals surface area contributed by atoms with Crippen molar-refractivity contribution in [3.63, 3.8) is 0 Å². The van der Waals surface area contributed by atoms with Gasteiger partial charge in [0.15, 0.2) is 0 Å². The fourth-order valence-electron chi connectivity index (χ4n) is 1.91. The molecule has 0 aliphatic heterocycles. The molecule has 1 nitrogen and oxygen atoms in total. The molecule has 0 unspecified atom stereocenters. The van der Waals surface area contributed by atoms with E-state index >= 15 is 0 Å². The molecule has 0 atom stereocenters. The van der Waals surface area contributed by atoms with E-state index in [1.807, 2.05) is 0 Å². The lowest BCUT2D eigenvalue weighted by atomic mass is 10.1. The monoisotopic (exact) mass is 291 g/mol. The molecule has 0 bridgehead atoms. The van der Waals surface area contributed by atoms with Gasteiger partial charge in [-0.05, 0) is 40.5 Å². The van der Waals surface area contributed by atoms with Gasteiger partial charge >= 0.3 is 6.18 Å². The quantitative estimate of drug-likeness (QED) is 0.683. The van der Waals surface area contributed by atoms with Gasteiger partial charge in [0.1, 0.15) is 0 Å². The minimum Gasteiger partial charge on any atom is -0.338 e. The molecule has 2 aromatic rings. The number of alkyl halides is 3. The summed E-state index contributed by atoms with van der Waals surface area (Å²) in [6, 6.07) is 4.22. The van der Waals surface area contributed by atoms with E-state index in [1.165, 1.54) is 6.07 Å². The topological polar surface area (TPSA) is 4.93 Å². The summed E-state index contributed by atoms with van der Waals surface area (Å²) in [5.41, 5.74) is 0.619. The SMILES string of the molecule is Cc1c(Br)n(C)c2cccc(C(F)(F)F)c12. The number of aromatic nitrogens is 1. The summed E-state index contributed by atoms with van der Waals surface area (Å²) in [4.78, 5) is 0. The van der Waals surface area contributed by atoms with Gasteiger partial charge in [-0.2, -0.15) is 13.2 Å². The Hall–Kier alpha value is -0.970. The smallest absolute Gasteiger partial charge is 0.338 e. The first-order valence-corrected chi connectivity index (χ1v) is 5.44. The molecule has 0 spiro atoms. The van der Waals surface area contributed by atoms with Gasteiger partial charge in [-0.3, -0.25) is 0 Å². The number of aryl methyl sites for hydroxylation is 2. The second-order valence-corrected chi connectivity index (χ2v) is 4.42. The van der Waals surface area contributed by atoms with Crippen LogP contribution in [0.25, 0.3) is 10.9 Å². The number of nitrogens with zero attached hydrogens (tertiary/aromatic N) is 1. The molecular weight excluding hydrogens is 283 g/mol. The van der Waals surface area contributed by atoms with Gasteiger partial charge in [0, 0.05) is 18.0 Å². The zero-order valence-corrected chi connectivity index (χ0v) is 10.3. The van der Waals surface area contributed by atoms with Gasteiger partial charge < -0.3 is 4.57 Å². The average Bonchev–Trinajstić information content (AvgIpc) is 2.43. The molecule has 86 valence electrons. The fourth-order valence-corrected chi connectivity index (χ4v) is 2.30. The second-order valence-electron chi connectivity index (χ2n) is 3.67. The summed E-state index contributed by atoms with van der Waals surface area (Å²) < 4.78 is 40.8. The van der Waals surface area contributed by atoms with Crippen molar-refractivity contribution in [1.29, 1.82) is 0 Å². The van der Waals surface area contributed by atoms with E-state index < -0.39 is 11.7 Å². The highest BCUT2D eigenvalue weighted by Gasteiger charge is 2.34. The lowest BCUT2D eigenvalue weighted by molar-refractivity contribution is -0.136. The van der Waals surface area contributed by atoms with Crippen molar-refractivity contribution in [2.75, 3.05) is 0 Å². The lowest BCUT2D eigenvalue weighted by Crippen LogP contribution is -2.05. The number of benzene rings is 1. The predicted molar refractivity (Wildman–Crippen MR) is 60.4 cm³/mol. The van der Waals surface area contributed by atoms with Crippen LogP contribution >= 0.6 is 15.9 Å². The lowest BCUT2D eigenvalue weighted by Gasteiger charge is -2.08. The van der Waals surface area contributed by atoms with Crippen LogP contribution in [-0.4, -0.2) is 4.57 Å². The van der Waals surface area contributed by atoms with Crippen molar-refractivity contribution < 1.29 is 13.2 Å². The summed E-state index contributed by atoms with van der Waals surface area (Å²) in [6.07, 6.45) is -4.31. The van der Waals surface area contributed by atoms with Gasteiger partial charge in [-0.15, -0.1) is 0 Å². The Morgan fingerprint density at radius 1 is 1.25 bits per heavy atom. The van der Waals surface area contributed by atoms with Crippen LogP contribution < -0.4 is 0 Å².